The lowest BCUT2D eigenvalue weighted by Gasteiger charge is -2.33. The first kappa shape index (κ1) is 31.7. The second-order valence-corrected chi connectivity index (χ2v) is 15.7. The van der Waals surface area contributed by atoms with Crippen molar-refractivity contribution in [3.63, 3.8) is 0 Å². The number of benzene rings is 5. The van der Waals surface area contributed by atoms with E-state index in [0.717, 1.165) is 16.6 Å². The summed E-state index contributed by atoms with van der Waals surface area (Å²) < 4.78 is 7.81. The number of hydrogen-bond acceptors (Lipinski definition) is 8. The topological polar surface area (TPSA) is 97.2 Å². The number of carbonyl (C=O) groups excluding carboxylic acids is 1. The van der Waals surface area contributed by atoms with Gasteiger partial charge in [0.25, 0.3) is 0 Å². The van der Waals surface area contributed by atoms with Crippen LogP contribution in [0.1, 0.15) is 62.5 Å². The Kier molecular flexibility index (Phi) is 7.45. The first-order valence-electron chi connectivity index (χ1n) is 16.7. The van der Waals surface area contributed by atoms with Crippen molar-refractivity contribution >= 4 is 48.9 Å². The van der Waals surface area contributed by atoms with Gasteiger partial charge in [0, 0.05) is 28.1 Å². The number of aromatic hydroxyl groups is 1. The first-order chi connectivity index (χ1) is 24.0. The van der Waals surface area contributed by atoms with Crippen molar-refractivity contribution in [1.82, 2.24) is 15.2 Å². The molecular formula is C42H36N4O3S. The molecular weight excluding hydrogens is 641 g/mol. The Balaban J connectivity index is 1.36. The summed E-state index contributed by atoms with van der Waals surface area (Å²) in [6, 6.07) is 32.5. The molecule has 2 heterocycles. The molecule has 0 saturated heterocycles. The van der Waals surface area contributed by atoms with Gasteiger partial charge < -0.3 is 15.2 Å². The fraction of sp³-hybridized carbons (Fsp3) is 0.190. The predicted molar refractivity (Wildman–Crippen MR) is 202 cm³/mol. The molecule has 1 aliphatic carbocycles. The van der Waals surface area contributed by atoms with Crippen molar-refractivity contribution in [2.45, 2.75) is 46.5 Å². The van der Waals surface area contributed by atoms with Gasteiger partial charge in [-0.2, -0.15) is 0 Å². The Morgan fingerprint density at radius 2 is 1.40 bits per heavy atom. The number of aromatic nitrogens is 3. The third-order valence-electron chi connectivity index (χ3n) is 9.20. The third kappa shape index (κ3) is 5.55. The van der Waals surface area contributed by atoms with Crippen molar-refractivity contribution in [2.24, 2.45) is 5.41 Å². The number of thiazole rings is 1. The molecule has 7 nitrogen and oxygen atoms in total. The molecule has 50 heavy (non-hydrogen) atoms. The zero-order valence-corrected chi connectivity index (χ0v) is 29.4. The largest absolute Gasteiger partial charge is 0.507 e. The van der Waals surface area contributed by atoms with Crippen LogP contribution >= 0.6 is 11.3 Å². The van der Waals surface area contributed by atoms with Gasteiger partial charge in [-0.1, -0.05) is 107 Å². The molecule has 0 saturated carbocycles. The summed E-state index contributed by atoms with van der Waals surface area (Å²) >= 11 is 1.51. The molecule has 8 heteroatoms. The lowest BCUT2D eigenvalue weighted by molar-refractivity contribution is 0.104. The van der Waals surface area contributed by atoms with Gasteiger partial charge in [-0.25, -0.2) is 4.98 Å². The molecule has 7 aromatic rings. The molecule has 2 aromatic heterocycles. The van der Waals surface area contributed by atoms with E-state index in [1.807, 2.05) is 72.8 Å². The van der Waals surface area contributed by atoms with E-state index >= 15 is 0 Å². The van der Waals surface area contributed by atoms with Crippen LogP contribution in [-0.4, -0.2) is 26.1 Å². The zero-order valence-electron chi connectivity index (χ0n) is 28.5. The van der Waals surface area contributed by atoms with Crippen LogP contribution in [0.3, 0.4) is 0 Å². The van der Waals surface area contributed by atoms with Crippen molar-refractivity contribution in [2.75, 3.05) is 5.32 Å². The molecule has 0 radical (unpaired) electrons. The Hall–Kier alpha value is -5.60. The number of para-hydroxylation sites is 2. The maximum atomic E-state index is 14.5. The van der Waals surface area contributed by atoms with E-state index < -0.39 is 0 Å². The Labute approximate surface area is 294 Å². The highest BCUT2D eigenvalue weighted by Crippen LogP contribution is 2.50. The second-order valence-electron chi connectivity index (χ2n) is 14.7. The molecule has 0 bridgehead atoms. The van der Waals surface area contributed by atoms with Crippen LogP contribution in [0.15, 0.2) is 103 Å². The third-order valence-corrected chi connectivity index (χ3v) is 10.2. The first-order valence-corrected chi connectivity index (χ1v) is 17.5. The lowest BCUT2D eigenvalue weighted by Crippen LogP contribution is -2.24. The van der Waals surface area contributed by atoms with Crippen molar-refractivity contribution in [3.8, 4) is 39.8 Å². The fourth-order valence-electron chi connectivity index (χ4n) is 7.39. The quantitative estimate of drug-likeness (QED) is 0.173. The normalized spacial score (nSPS) is 12.7. The molecule has 0 unspecified atom stereocenters. The average molecular weight is 677 g/mol. The van der Waals surface area contributed by atoms with Gasteiger partial charge in [-0.05, 0) is 59.2 Å². The SMILES string of the molecule is CC(C)(C)CC(C)(C)c1ccc(Oc2cc(Nc3nc4ccccc4s3)c3c4c(nnc(-c5ccccc5O)c24)-c2ccccc2C3=O)cc1. The standard InChI is InChI=1S/C42H36N4O3S/c1-41(2,3)23-42(4,5)24-18-20-25(21-19-24)49-32-22-30(44-40-43-29-15-9-11-17-33(29)50-40)34-36-35(32)38(28-14-8-10-16-31(28)47)46-45-37(36)26-12-6-7-13-27(26)39(34)48/h6-22,47H,23H2,1-5H3,(H,43,44). The molecule has 248 valence electrons. The highest BCUT2D eigenvalue weighted by Gasteiger charge is 2.33. The van der Waals surface area contributed by atoms with Gasteiger partial charge in [-0.15, -0.1) is 10.2 Å². The van der Waals surface area contributed by atoms with Crippen LogP contribution in [0.4, 0.5) is 10.8 Å². The highest BCUT2D eigenvalue weighted by molar-refractivity contribution is 7.22. The molecule has 0 atom stereocenters. The van der Waals surface area contributed by atoms with E-state index in [-0.39, 0.29) is 22.4 Å². The summed E-state index contributed by atoms with van der Waals surface area (Å²) in [6.45, 7) is 11.3. The Bertz CT molecular complexity index is 2430. The summed E-state index contributed by atoms with van der Waals surface area (Å²) in [7, 11) is 0. The smallest absolute Gasteiger partial charge is 0.196 e. The number of nitrogens with one attached hydrogen (secondary N) is 1. The zero-order chi connectivity index (χ0) is 34.8. The molecule has 0 aliphatic heterocycles. The van der Waals surface area contributed by atoms with E-state index in [1.54, 1.807) is 18.2 Å². The minimum Gasteiger partial charge on any atom is -0.507 e. The molecule has 2 N–H and O–H groups in total. The summed E-state index contributed by atoms with van der Waals surface area (Å²) in [4.78, 5) is 19.3. The van der Waals surface area contributed by atoms with Crippen molar-refractivity contribution < 1.29 is 14.6 Å². The number of ketones is 1. The summed E-state index contributed by atoms with van der Waals surface area (Å²) in [5, 5.41) is 25.8. The number of phenols is 1. The maximum Gasteiger partial charge on any atom is 0.196 e. The van der Waals surface area contributed by atoms with Gasteiger partial charge in [0.15, 0.2) is 10.9 Å². The minimum absolute atomic E-state index is 0.0350. The molecule has 8 rings (SSSR count). The van der Waals surface area contributed by atoms with Crippen molar-refractivity contribution in [3.05, 3.63) is 120 Å². The van der Waals surface area contributed by atoms with Gasteiger partial charge >= 0.3 is 0 Å². The van der Waals surface area contributed by atoms with E-state index in [9.17, 15) is 9.90 Å². The van der Waals surface area contributed by atoms with Crippen LogP contribution in [-0.2, 0) is 5.41 Å². The average Bonchev–Trinajstić information content (AvgIpc) is 3.49. The molecule has 0 amide bonds. The molecule has 0 spiro atoms. The monoisotopic (exact) mass is 676 g/mol. The lowest BCUT2D eigenvalue weighted by atomic mass is 9.72. The number of rotatable bonds is 7. The van der Waals surface area contributed by atoms with E-state index in [2.05, 4.69) is 52.1 Å². The molecule has 1 aliphatic rings. The number of fused-ring (bicyclic) bond motifs is 3. The number of nitrogens with zero attached hydrogens (tertiary/aromatic N) is 3. The van der Waals surface area contributed by atoms with E-state index in [1.165, 1.54) is 16.9 Å². The number of anilines is 2. The summed E-state index contributed by atoms with van der Waals surface area (Å²) in [5.41, 5.74) is 5.93. The summed E-state index contributed by atoms with van der Waals surface area (Å²) in [5.74, 6) is 1.01. The summed E-state index contributed by atoms with van der Waals surface area (Å²) in [6.07, 6.45) is 1.02. The highest BCUT2D eigenvalue weighted by atomic mass is 32.1. The van der Waals surface area contributed by atoms with E-state index in [0.29, 0.717) is 66.7 Å². The van der Waals surface area contributed by atoms with Crippen LogP contribution in [0, 0.1) is 5.41 Å². The van der Waals surface area contributed by atoms with Crippen LogP contribution in [0.2, 0.25) is 0 Å². The number of hydrogen-bond donors (Lipinski definition) is 2. The van der Waals surface area contributed by atoms with Gasteiger partial charge in [0.2, 0.25) is 0 Å². The number of ether oxygens (including phenoxy) is 1. The molecule has 5 aromatic carbocycles. The van der Waals surface area contributed by atoms with Gasteiger partial charge in [0.05, 0.1) is 26.9 Å². The van der Waals surface area contributed by atoms with Gasteiger partial charge in [0.1, 0.15) is 28.6 Å². The van der Waals surface area contributed by atoms with Crippen LogP contribution in [0.25, 0.3) is 43.5 Å². The second kappa shape index (κ2) is 11.8. The van der Waals surface area contributed by atoms with Crippen LogP contribution in [0.5, 0.6) is 17.2 Å². The Morgan fingerprint density at radius 3 is 2.10 bits per heavy atom. The van der Waals surface area contributed by atoms with Crippen LogP contribution < -0.4 is 10.1 Å². The Morgan fingerprint density at radius 1 is 0.760 bits per heavy atom. The maximum absolute atomic E-state index is 14.5. The molecule has 0 fully saturated rings. The number of phenolic OH excluding ortho intramolecular Hbond substituents is 1. The van der Waals surface area contributed by atoms with Gasteiger partial charge in [-0.3, -0.25) is 4.79 Å². The van der Waals surface area contributed by atoms with E-state index in [4.69, 9.17) is 19.9 Å². The predicted octanol–water partition coefficient (Wildman–Crippen LogP) is 11.1. The minimum atomic E-state index is -0.144. The number of carbonyl (C=O) groups is 1. The fourth-order valence-corrected chi connectivity index (χ4v) is 8.27. The van der Waals surface area contributed by atoms with Crippen molar-refractivity contribution in [1.29, 1.82) is 0 Å².